The Labute approximate surface area is 227 Å². The van der Waals surface area contributed by atoms with Gasteiger partial charge in [0.1, 0.15) is 17.2 Å². The summed E-state index contributed by atoms with van der Waals surface area (Å²) >= 11 is 0. The molecule has 12 heteroatoms. The van der Waals surface area contributed by atoms with Gasteiger partial charge in [-0.25, -0.2) is 24.5 Å². The fourth-order valence-corrected chi connectivity index (χ4v) is 5.12. The number of aryl methyl sites for hydroxylation is 1. The molecule has 0 bridgehead atoms. The molecule has 3 atom stereocenters. The van der Waals surface area contributed by atoms with Crippen LogP contribution in [-0.2, 0) is 9.53 Å². The van der Waals surface area contributed by atoms with Crippen molar-refractivity contribution >= 4 is 17.5 Å². The van der Waals surface area contributed by atoms with Gasteiger partial charge in [-0.15, -0.1) is 0 Å². The van der Waals surface area contributed by atoms with Gasteiger partial charge in [0.05, 0.1) is 24.6 Å². The van der Waals surface area contributed by atoms with Crippen molar-refractivity contribution in [2.24, 2.45) is 0 Å². The van der Waals surface area contributed by atoms with E-state index in [1.807, 2.05) is 19.1 Å². The van der Waals surface area contributed by atoms with Gasteiger partial charge in [0.15, 0.2) is 11.6 Å². The lowest BCUT2D eigenvalue weighted by Gasteiger charge is -2.40. The van der Waals surface area contributed by atoms with E-state index in [0.29, 0.717) is 37.8 Å². The molecule has 0 aromatic carbocycles. The minimum Gasteiger partial charge on any atom is -0.368 e. The number of pyridine rings is 2. The number of nitrogens with zero attached hydrogens (tertiary/aromatic N) is 5. The molecule has 2 saturated heterocycles. The summed E-state index contributed by atoms with van der Waals surface area (Å²) in [6.45, 7) is 7.38. The monoisotopic (exact) mass is 537 g/mol. The van der Waals surface area contributed by atoms with Crippen molar-refractivity contribution in [1.29, 1.82) is 0 Å². The number of hydrogen-bond acceptors (Lipinski definition) is 9. The SMILES string of the molecule is COC1(C(=O)N[C@@H](C)c2ccc(-n3cc(F)cn3)nc2)CCN(c2cc(C)cc(NC3CC(C)NN3)n2)CC1. The van der Waals surface area contributed by atoms with Crippen LogP contribution in [0.2, 0.25) is 0 Å². The Hall–Kier alpha value is -3.61. The molecule has 2 aliphatic heterocycles. The van der Waals surface area contributed by atoms with Crippen molar-refractivity contribution in [3.63, 3.8) is 0 Å². The summed E-state index contributed by atoms with van der Waals surface area (Å²) < 4.78 is 20.5. The number of amides is 1. The van der Waals surface area contributed by atoms with Gasteiger partial charge in [-0.2, -0.15) is 5.10 Å². The summed E-state index contributed by atoms with van der Waals surface area (Å²) in [6.07, 6.45) is 6.21. The number of anilines is 2. The number of hydrogen-bond donors (Lipinski definition) is 4. The van der Waals surface area contributed by atoms with Gasteiger partial charge in [0, 0.05) is 45.3 Å². The summed E-state index contributed by atoms with van der Waals surface area (Å²) in [5.41, 5.74) is 7.49. The smallest absolute Gasteiger partial charge is 0.252 e. The van der Waals surface area contributed by atoms with Crippen LogP contribution in [-0.4, -0.2) is 63.7 Å². The van der Waals surface area contributed by atoms with Gasteiger partial charge in [-0.1, -0.05) is 6.07 Å². The van der Waals surface area contributed by atoms with Gasteiger partial charge in [0.2, 0.25) is 0 Å². The van der Waals surface area contributed by atoms with E-state index in [-0.39, 0.29) is 18.1 Å². The maximum atomic E-state index is 13.4. The molecule has 5 heterocycles. The minimum absolute atomic E-state index is 0.121. The maximum Gasteiger partial charge on any atom is 0.252 e. The highest BCUT2D eigenvalue weighted by Gasteiger charge is 2.42. The molecule has 11 nitrogen and oxygen atoms in total. The fourth-order valence-electron chi connectivity index (χ4n) is 5.12. The second kappa shape index (κ2) is 11.2. The first-order valence-corrected chi connectivity index (χ1v) is 13.3. The number of ether oxygens (including phenoxy) is 1. The van der Waals surface area contributed by atoms with E-state index < -0.39 is 11.4 Å². The van der Waals surface area contributed by atoms with E-state index in [4.69, 9.17) is 9.72 Å². The molecule has 1 amide bonds. The summed E-state index contributed by atoms with van der Waals surface area (Å²) in [5, 5.41) is 10.5. The van der Waals surface area contributed by atoms with E-state index in [2.05, 4.69) is 56.4 Å². The van der Waals surface area contributed by atoms with Crippen molar-refractivity contribution in [3.05, 3.63) is 59.8 Å². The third kappa shape index (κ3) is 6.02. The van der Waals surface area contributed by atoms with Crippen LogP contribution in [0.4, 0.5) is 16.0 Å². The Morgan fingerprint density at radius 1 is 1.21 bits per heavy atom. The molecule has 0 saturated carbocycles. The number of aromatic nitrogens is 4. The number of halogens is 1. The molecule has 4 N–H and O–H groups in total. The topological polar surface area (TPSA) is 121 Å². The zero-order valence-corrected chi connectivity index (χ0v) is 22.7. The summed E-state index contributed by atoms with van der Waals surface area (Å²) in [5.74, 6) is 1.63. The van der Waals surface area contributed by atoms with E-state index in [1.165, 1.54) is 10.9 Å². The lowest BCUT2D eigenvalue weighted by molar-refractivity contribution is -0.146. The fraction of sp³-hybridized carbons (Fsp3) is 0.481. The van der Waals surface area contributed by atoms with Gasteiger partial charge < -0.3 is 20.3 Å². The van der Waals surface area contributed by atoms with E-state index >= 15 is 0 Å². The zero-order chi connectivity index (χ0) is 27.6. The molecule has 0 spiro atoms. The second-order valence-corrected chi connectivity index (χ2v) is 10.4. The van der Waals surface area contributed by atoms with Crippen LogP contribution < -0.4 is 26.4 Å². The number of piperidine rings is 1. The predicted molar refractivity (Wildman–Crippen MR) is 146 cm³/mol. The minimum atomic E-state index is -0.925. The number of carbonyl (C=O) groups excluding carboxylic acids is 1. The van der Waals surface area contributed by atoms with Crippen molar-refractivity contribution in [2.75, 3.05) is 30.4 Å². The van der Waals surface area contributed by atoms with Crippen LogP contribution in [0.1, 0.15) is 50.3 Å². The van der Waals surface area contributed by atoms with Crippen molar-refractivity contribution < 1.29 is 13.9 Å². The number of rotatable bonds is 8. The van der Waals surface area contributed by atoms with Gasteiger partial charge >= 0.3 is 0 Å². The first-order valence-electron chi connectivity index (χ1n) is 13.3. The molecule has 2 unspecified atom stereocenters. The van der Waals surface area contributed by atoms with Crippen molar-refractivity contribution in [1.82, 2.24) is 35.9 Å². The first kappa shape index (κ1) is 27.0. The van der Waals surface area contributed by atoms with E-state index in [9.17, 15) is 9.18 Å². The highest BCUT2D eigenvalue weighted by Crippen LogP contribution is 2.30. The highest BCUT2D eigenvalue weighted by atomic mass is 19.1. The van der Waals surface area contributed by atoms with Crippen LogP contribution in [0.25, 0.3) is 5.82 Å². The maximum absolute atomic E-state index is 13.4. The Kier molecular flexibility index (Phi) is 7.78. The molecule has 3 aromatic heterocycles. The van der Waals surface area contributed by atoms with Crippen molar-refractivity contribution in [3.8, 4) is 5.82 Å². The summed E-state index contributed by atoms with van der Waals surface area (Å²) in [7, 11) is 1.59. The molecule has 2 aliphatic rings. The van der Waals surface area contributed by atoms with E-state index in [0.717, 1.165) is 35.4 Å². The van der Waals surface area contributed by atoms with Crippen LogP contribution >= 0.6 is 0 Å². The number of hydrazine groups is 1. The average molecular weight is 538 g/mol. The predicted octanol–water partition coefficient (Wildman–Crippen LogP) is 2.60. The molecule has 3 aromatic rings. The molecule has 208 valence electrons. The molecule has 2 fully saturated rings. The quantitative estimate of drug-likeness (QED) is 0.344. The average Bonchev–Trinajstić information content (AvgIpc) is 3.55. The summed E-state index contributed by atoms with van der Waals surface area (Å²) in [6, 6.07) is 7.82. The standard InChI is InChI=1S/C27H36FN9O2/c1-17-11-22(32-23-13-18(2)34-35-23)33-25(12-17)36-9-7-27(39-4,8-10-36)26(38)31-19(3)20-5-6-24(29-14-20)37-16-21(28)15-30-37/h5-6,11-12,14-16,18-19,23,34-35H,7-10,13H2,1-4H3,(H,31,38)(H,32,33)/t18?,19-,23?/m0/s1. The Balaban J connectivity index is 1.20. The normalized spacial score (nSPS) is 21.5. The van der Waals surface area contributed by atoms with Gasteiger partial charge in [-0.05, 0) is 56.5 Å². The number of carbonyl (C=O) groups is 1. The van der Waals surface area contributed by atoms with Crippen LogP contribution in [0.15, 0.2) is 42.9 Å². The Morgan fingerprint density at radius 2 is 2.00 bits per heavy atom. The van der Waals surface area contributed by atoms with Gasteiger partial charge in [-0.3, -0.25) is 10.2 Å². The Bertz CT molecular complexity index is 1290. The molecule has 0 radical (unpaired) electrons. The zero-order valence-electron chi connectivity index (χ0n) is 22.7. The number of methoxy groups -OCH3 is 1. The van der Waals surface area contributed by atoms with E-state index in [1.54, 1.807) is 19.4 Å². The molecular weight excluding hydrogens is 501 g/mol. The first-order chi connectivity index (χ1) is 18.7. The van der Waals surface area contributed by atoms with Crippen LogP contribution in [0, 0.1) is 12.7 Å². The number of nitrogens with one attached hydrogen (secondary N) is 4. The highest BCUT2D eigenvalue weighted by molar-refractivity contribution is 5.86. The van der Waals surface area contributed by atoms with Crippen LogP contribution in [0.3, 0.4) is 0 Å². The molecule has 0 aliphatic carbocycles. The lowest BCUT2D eigenvalue weighted by atomic mass is 9.89. The van der Waals surface area contributed by atoms with Gasteiger partial charge in [0.25, 0.3) is 5.91 Å². The molecular formula is C27H36FN9O2. The molecule has 5 rings (SSSR count). The van der Waals surface area contributed by atoms with Crippen molar-refractivity contribution in [2.45, 2.75) is 63.9 Å². The lowest BCUT2D eigenvalue weighted by Crippen LogP contribution is -2.55. The van der Waals surface area contributed by atoms with Crippen LogP contribution in [0.5, 0.6) is 0 Å². The third-order valence-corrected chi connectivity index (χ3v) is 7.48. The Morgan fingerprint density at radius 3 is 2.62 bits per heavy atom. The third-order valence-electron chi connectivity index (χ3n) is 7.48. The molecule has 39 heavy (non-hydrogen) atoms. The summed E-state index contributed by atoms with van der Waals surface area (Å²) in [4.78, 5) is 24.8. The largest absolute Gasteiger partial charge is 0.368 e. The second-order valence-electron chi connectivity index (χ2n) is 10.4.